The normalized spacial score (nSPS) is 16.7. The predicted octanol–water partition coefficient (Wildman–Crippen LogP) is 4.26. The number of anilines is 1. The first-order chi connectivity index (χ1) is 9.58. The SMILES string of the molecule is O=[N+]([O-])c1cc(F)cc(F)c1NCC1CCCCCC1. The third-order valence-corrected chi connectivity index (χ3v) is 3.77. The van der Waals surface area contributed by atoms with Crippen LogP contribution in [-0.4, -0.2) is 11.5 Å². The van der Waals surface area contributed by atoms with Crippen LogP contribution >= 0.6 is 0 Å². The summed E-state index contributed by atoms with van der Waals surface area (Å²) >= 11 is 0. The Hall–Kier alpha value is -1.72. The van der Waals surface area contributed by atoms with Crippen LogP contribution in [0.5, 0.6) is 0 Å². The second-order valence-electron chi connectivity index (χ2n) is 5.28. The highest BCUT2D eigenvalue weighted by Crippen LogP contribution is 2.30. The highest BCUT2D eigenvalue weighted by Gasteiger charge is 2.21. The van der Waals surface area contributed by atoms with Crippen LogP contribution in [0.4, 0.5) is 20.2 Å². The molecule has 2 rings (SSSR count). The number of hydrogen-bond acceptors (Lipinski definition) is 3. The van der Waals surface area contributed by atoms with Crippen molar-refractivity contribution in [2.45, 2.75) is 38.5 Å². The molecule has 0 heterocycles. The van der Waals surface area contributed by atoms with Gasteiger partial charge in [-0.1, -0.05) is 25.7 Å². The maximum atomic E-state index is 13.7. The smallest absolute Gasteiger partial charge is 0.298 e. The Morgan fingerprint density at radius 3 is 2.45 bits per heavy atom. The molecule has 1 aliphatic carbocycles. The fourth-order valence-corrected chi connectivity index (χ4v) is 2.69. The molecule has 0 spiro atoms. The van der Waals surface area contributed by atoms with Gasteiger partial charge in [0.1, 0.15) is 11.5 Å². The van der Waals surface area contributed by atoms with Crippen LogP contribution in [0.15, 0.2) is 12.1 Å². The summed E-state index contributed by atoms with van der Waals surface area (Å²) < 4.78 is 26.7. The van der Waals surface area contributed by atoms with Crippen molar-refractivity contribution in [2.75, 3.05) is 11.9 Å². The lowest BCUT2D eigenvalue weighted by Gasteiger charge is -2.16. The van der Waals surface area contributed by atoms with Gasteiger partial charge in [0, 0.05) is 12.6 Å². The molecule has 1 aliphatic rings. The van der Waals surface area contributed by atoms with Gasteiger partial charge in [-0.25, -0.2) is 8.78 Å². The predicted molar refractivity (Wildman–Crippen MR) is 72.7 cm³/mol. The first-order valence-electron chi connectivity index (χ1n) is 6.95. The molecular weight excluding hydrogens is 266 g/mol. The van der Waals surface area contributed by atoms with Gasteiger partial charge in [-0.2, -0.15) is 0 Å². The van der Waals surface area contributed by atoms with Crippen LogP contribution in [0, 0.1) is 27.7 Å². The lowest BCUT2D eigenvalue weighted by Crippen LogP contribution is -2.15. The van der Waals surface area contributed by atoms with Crippen LogP contribution in [0.1, 0.15) is 38.5 Å². The second kappa shape index (κ2) is 6.63. The molecule has 0 unspecified atom stereocenters. The number of nitrogens with zero attached hydrogens (tertiary/aromatic N) is 1. The van der Waals surface area contributed by atoms with E-state index in [2.05, 4.69) is 5.32 Å². The van der Waals surface area contributed by atoms with E-state index in [0.717, 1.165) is 31.7 Å². The van der Waals surface area contributed by atoms with E-state index >= 15 is 0 Å². The van der Waals surface area contributed by atoms with E-state index < -0.39 is 22.2 Å². The van der Waals surface area contributed by atoms with Crippen molar-refractivity contribution >= 4 is 11.4 Å². The van der Waals surface area contributed by atoms with Crippen molar-refractivity contribution in [1.29, 1.82) is 0 Å². The number of hydrogen-bond donors (Lipinski definition) is 1. The molecule has 0 atom stereocenters. The van der Waals surface area contributed by atoms with Gasteiger partial charge in [-0.15, -0.1) is 0 Å². The summed E-state index contributed by atoms with van der Waals surface area (Å²) in [7, 11) is 0. The zero-order valence-electron chi connectivity index (χ0n) is 11.2. The Balaban J connectivity index is 2.10. The Morgan fingerprint density at radius 2 is 1.85 bits per heavy atom. The molecule has 110 valence electrons. The summed E-state index contributed by atoms with van der Waals surface area (Å²) in [4.78, 5) is 10.1. The van der Waals surface area contributed by atoms with Gasteiger partial charge in [0.25, 0.3) is 5.69 Å². The van der Waals surface area contributed by atoms with E-state index in [1.807, 2.05) is 0 Å². The largest absolute Gasteiger partial charge is 0.377 e. The first kappa shape index (κ1) is 14.7. The summed E-state index contributed by atoms with van der Waals surface area (Å²) in [6.07, 6.45) is 6.79. The number of nitrogens with one attached hydrogen (secondary N) is 1. The monoisotopic (exact) mass is 284 g/mol. The highest BCUT2D eigenvalue weighted by molar-refractivity contribution is 5.62. The van der Waals surface area contributed by atoms with Crippen molar-refractivity contribution < 1.29 is 13.7 Å². The molecule has 0 radical (unpaired) electrons. The van der Waals surface area contributed by atoms with Gasteiger partial charge in [0.05, 0.1) is 11.0 Å². The van der Waals surface area contributed by atoms with Crippen molar-refractivity contribution in [2.24, 2.45) is 5.92 Å². The number of benzene rings is 1. The molecular formula is C14H18F2N2O2. The van der Waals surface area contributed by atoms with Crippen molar-refractivity contribution in [1.82, 2.24) is 0 Å². The van der Waals surface area contributed by atoms with Crippen LogP contribution in [0.25, 0.3) is 0 Å². The maximum absolute atomic E-state index is 13.7. The van der Waals surface area contributed by atoms with E-state index in [0.29, 0.717) is 18.5 Å². The summed E-state index contributed by atoms with van der Waals surface area (Å²) in [5.74, 6) is -1.46. The molecule has 0 bridgehead atoms. The third-order valence-electron chi connectivity index (χ3n) is 3.77. The molecule has 1 saturated carbocycles. The topological polar surface area (TPSA) is 55.2 Å². The first-order valence-corrected chi connectivity index (χ1v) is 6.95. The standard InChI is InChI=1S/C14H18F2N2O2/c15-11-7-12(16)14(13(8-11)18(19)20)17-9-10-5-3-1-2-4-6-10/h7-8,10,17H,1-6,9H2. The Labute approximate surface area is 116 Å². The van der Waals surface area contributed by atoms with E-state index in [1.54, 1.807) is 0 Å². The molecule has 0 aromatic heterocycles. The Bertz CT molecular complexity index is 486. The lowest BCUT2D eigenvalue weighted by molar-refractivity contribution is -0.384. The van der Waals surface area contributed by atoms with E-state index in [4.69, 9.17) is 0 Å². The fourth-order valence-electron chi connectivity index (χ4n) is 2.69. The molecule has 4 nitrogen and oxygen atoms in total. The molecule has 1 aromatic carbocycles. The zero-order valence-corrected chi connectivity index (χ0v) is 11.2. The van der Waals surface area contributed by atoms with Gasteiger partial charge < -0.3 is 5.32 Å². The second-order valence-corrected chi connectivity index (χ2v) is 5.28. The number of nitro groups is 1. The zero-order chi connectivity index (χ0) is 14.5. The summed E-state index contributed by atoms with van der Waals surface area (Å²) in [5, 5.41) is 13.7. The van der Waals surface area contributed by atoms with Crippen LogP contribution in [0.3, 0.4) is 0 Å². The van der Waals surface area contributed by atoms with Gasteiger partial charge >= 0.3 is 0 Å². The van der Waals surface area contributed by atoms with Crippen LogP contribution in [-0.2, 0) is 0 Å². The summed E-state index contributed by atoms with van der Waals surface area (Å²) in [6.45, 7) is 0.489. The van der Waals surface area contributed by atoms with Gasteiger partial charge in [-0.3, -0.25) is 10.1 Å². The molecule has 1 N–H and O–H groups in total. The van der Waals surface area contributed by atoms with Crippen LogP contribution < -0.4 is 5.32 Å². The molecule has 20 heavy (non-hydrogen) atoms. The van der Waals surface area contributed by atoms with Gasteiger partial charge in [-0.05, 0) is 18.8 Å². The van der Waals surface area contributed by atoms with Crippen molar-refractivity contribution in [3.05, 3.63) is 33.9 Å². The minimum absolute atomic E-state index is 0.208. The lowest BCUT2D eigenvalue weighted by atomic mass is 10.0. The Morgan fingerprint density at radius 1 is 1.20 bits per heavy atom. The minimum atomic E-state index is -0.936. The highest BCUT2D eigenvalue weighted by atomic mass is 19.1. The third kappa shape index (κ3) is 3.65. The maximum Gasteiger partial charge on any atom is 0.298 e. The number of nitro benzene ring substituents is 1. The average molecular weight is 284 g/mol. The Kier molecular flexibility index (Phi) is 4.87. The van der Waals surface area contributed by atoms with E-state index in [-0.39, 0.29) is 5.69 Å². The number of rotatable bonds is 4. The number of halogens is 2. The average Bonchev–Trinajstić information content (AvgIpc) is 2.65. The minimum Gasteiger partial charge on any atom is -0.377 e. The van der Waals surface area contributed by atoms with E-state index in [9.17, 15) is 18.9 Å². The molecule has 0 amide bonds. The molecule has 0 saturated heterocycles. The molecule has 1 aromatic rings. The molecule has 0 aliphatic heterocycles. The van der Waals surface area contributed by atoms with Crippen LogP contribution in [0.2, 0.25) is 0 Å². The fraction of sp³-hybridized carbons (Fsp3) is 0.571. The van der Waals surface area contributed by atoms with Crippen molar-refractivity contribution in [3.63, 3.8) is 0 Å². The van der Waals surface area contributed by atoms with Gasteiger partial charge in [0.2, 0.25) is 0 Å². The van der Waals surface area contributed by atoms with E-state index in [1.165, 1.54) is 12.8 Å². The summed E-state index contributed by atoms with van der Waals surface area (Å²) in [5.41, 5.74) is -0.753. The van der Waals surface area contributed by atoms with Crippen molar-refractivity contribution in [3.8, 4) is 0 Å². The molecule has 6 heteroatoms. The molecule has 1 fully saturated rings. The summed E-state index contributed by atoms with van der Waals surface area (Å²) in [6, 6.07) is 1.42. The quantitative estimate of drug-likeness (QED) is 0.510. The van der Waals surface area contributed by atoms with Gasteiger partial charge in [0.15, 0.2) is 5.82 Å².